The van der Waals surface area contributed by atoms with Crippen LogP contribution in [-0.4, -0.2) is 15.9 Å². The molecule has 3 nitrogen and oxygen atoms in total. The average molecular weight is 221 g/mol. The maximum absolute atomic E-state index is 12.0. The van der Waals surface area contributed by atoms with Crippen LogP contribution in [0.15, 0.2) is 24.4 Å². The minimum atomic E-state index is -1.51. The first-order valence-corrected chi connectivity index (χ1v) is 5.51. The summed E-state index contributed by atoms with van der Waals surface area (Å²) in [5.74, 6) is -0.196. The number of Topliss-reactive ketones (excluding diaryl/α,β-unsaturated/α-hetero) is 1. The molecule has 1 aromatic heterocycles. The molecule has 1 aromatic rings. The Kier molecular flexibility index (Phi) is 3.48. The average Bonchev–Trinajstić information content (AvgIpc) is 2.26. The summed E-state index contributed by atoms with van der Waals surface area (Å²) in [7, 11) is 0. The van der Waals surface area contributed by atoms with Gasteiger partial charge < -0.3 is 5.11 Å². The van der Waals surface area contributed by atoms with Gasteiger partial charge in [-0.2, -0.15) is 0 Å². The van der Waals surface area contributed by atoms with Crippen LogP contribution in [0.1, 0.15) is 39.8 Å². The fraction of sp³-hybridized carbons (Fsp3) is 0.538. The lowest BCUT2D eigenvalue weighted by Crippen LogP contribution is -2.47. The molecular formula is C13H19NO2. The second-order valence-corrected chi connectivity index (χ2v) is 4.95. The predicted molar refractivity (Wildman–Crippen MR) is 62.9 cm³/mol. The van der Waals surface area contributed by atoms with Crippen molar-refractivity contribution in [3.05, 3.63) is 30.1 Å². The maximum Gasteiger partial charge on any atom is 0.170 e. The van der Waals surface area contributed by atoms with Gasteiger partial charge in [-0.1, -0.05) is 33.8 Å². The molecular weight excluding hydrogens is 202 g/mol. The lowest BCUT2D eigenvalue weighted by Gasteiger charge is -2.38. The van der Waals surface area contributed by atoms with Gasteiger partial charge in [-0.3, -0.25) is 9.78 Å². The Morgan fingerprint density at radius 2 is 2.00 bits per heavy atom. The van der Waals surface area contributed by atoms with E-state index < -0.39 is 11.0 Å². The SMILES string of the molecule is CCC(=O)C(O)(c1ccccn1)C(C)(C)C. The largest absolute Gasteiger partial charge is 0.375 e. The zero-order valence-electron chi connectivity index (χ0n) is 10.3. The number of rotatable bonds is 3. The third-order valence-electron chi connectivity index (χ3n) is 2.85. The highest BCUT2D eigenvalue weighted by Gasteiger charge is 2.48. The topological polar surface area (TPSA) is 50.2 Å². The van der Waals surface area contributed by atoms with Crippen molar-refractivity contribution in [1.82, 2.24) is 4.98 Å². The lowest BCUT2D eigenvalue weighted by atomic mass is 9.71. The highest BCUT2D eigenvalue weighted by atomic mass is 16.3. The Hall–Kier alpha value is -1.22. The Labute approximate surface area is 96.5 Å². The number of aliphatic hydroxyl groups is 1. The Balaban J connectivity index is 3.32. The molecule has 0 spiro atoms. The van der Waals surface area contributed by atoms with Crippen LogP contribution in [0.5, 0.6) is 0 Å². The van der Waals surface area contributed by atoms with Crippen LogP contribution >= 0.6 is 0 Å². The smallest absolute Gasteiger partial charge is 0.170 e. The summed E-state index contributed by atoms with van der Waals surface area (Å²) in [6.07, 6.45) is 1.89. The summed E-state index contributed by atoms with van der Waals surface area (Å²) in [5.41, 5.74) is -1.66. The number of carbonyl (C=O) groups excluding carboxylic acids is 1. The molecule has 0 saturated heterocycles. The van der Waals surface area contributed by atoms with Gasteiger partial charge in [-0.15, -0.1) is 0 Å². The fourth-order valence-electron chi connectivity index (χ4n) is 1.78. The molecule has 3 heteroatoms. The fourth-order valence-corrected chi connectivity index (χ4v) is 1.78. The standard InChI is InChI=1S/C13H19NO2/c1-5-11(15)13(16,12(2,3)4)10-8-6-7-9-14-10/h6-9,16H,5H2,1-4H3. The Morgan fingerprint density at radius 3 is 2.38 bits per heavy atom. The maximum atomic E-state index is 12.0. The van der Waals surface area contributed by atoms with Crippen molar-refractivity contribution >= 4 is 5.78 Å². The van der Waals surface area contributed by atoms with Crippen molar-refractivity contribution in [2.24, 2.45) is 5.41 Å². The number of ketones is 1. The van der Waals surface area contributed by atoms with Crippen LogP contribution in [0.3, 0.4) is 0 Å². The van der Waals surface area contributed by atoms with E-state index in [-0.39, 0.29) is 5.78 Å². The molecule has 1 rings (SSSR count). The third kappa shape index (κ3) is 2.00. The first-order chi connectivity index (χ1) is 7.34. The molecule has 1 N–H and O–H groups in total. The van der Waals surface area contributed by atoms with Crippen LogP contribution in [0.4, 0.5) is 0 Å². The molecule has 0 amide bonds. The molecule has 0 aliphatic rings. The summed E-state index contributed by atoms with van der Waals surface area (Å²) >= 11 is 0. The zero-order valence-corrected chi connectivity index (χ0v) is 10.3. The number of hydrogen-bond acceptors (Lipinski definition) is 3. The van der Waals surface area contributed by atoms with E-state index in [1.165, 1.54) is 0 Å². The summed E-state index contributed by atoms with van der Waals surface area (Å²) in [5, 5.41) is 10.7. The van der Waals surface area contributed by atoms with Gasteiger partial charge in [0.1, 0.15) is 0 Å². The molecule has 0 aliphatic heterocycles. The molecule has 16 heavy (non-hydrogen) atoms. The van der Waals surface area contributed by atoms with Crippen molar-refractivity contribution in [2.75, 3.05) is 0 Å². The monoisotopic (exact) mass is 221 g/mol. The number of pyridine rings is 1. The van der Waals surface area contributed by atoms with Crippen LogP contribution in [0.2, 0.25) is 0 Å². The third-order valence-corrected chi connectivity index (χ3v) is 2.85. The van der Waals surface area contributed by atoms with Crippen molar-refractivity contribution in [3.63, 3.8) is 0 Å². The summed E-state index contributed by atoms with van der Waals surface area (Å²) in [6, 6.07) is 5.24. The Morgan fingerprint density at radius 1 is 1.38 bits per heavy atom. The highest BCUT2D eigenvalue weighted by molar-refractivity contribution is 5.88. The van der Waals surface area contributed by atoms with Gasteiger partial charge in [0.05, 0.1) is 5.69 Å². The summed E-state index contributed by atoms with van der Waals surface area (Å²) in [6.45, 7) is 7.28. The van der Waals surface area contributed by atoms with Crippen LogP contribution in [-0.2, 0) is 10.4 Å². The minimum Gasteiger partial charge on any atom is -0.375 e. The molecule has 1 unspecified atom stereocenters. The van der Waals surface area contributed by atoms with E-state index in [9.17, 15) is 9.90 Å². The van der Waals surface area contributed by atoms with Gasteiger partial charge in [0.25, 0.3) is 0 Å². The van der Waals surface area contributed by atoms with Gasteiger partial charge in [0.15, 0.2) is 11.4 Å². The Bertz CT molecular complexity index is 367. The van der Waals surface area contributed by atoms with E-state index in [1.807, 2.05) is 20.8 Å². The molecule has 0 aromatic carbocycles. The van der Waals surface area contributed by atoms with Crippen molar-refractivity contribution < 1.29 is 9.90 Å². The van der Waals surface area contributed by atoms with Gasteiger partial charge in [0, 0.05) is 18.0 Å². The van der Waals surface area contributed by atoms with E-state index in [1.54, 1.807) is 31.3 Å². The quantitative estimate of drug-likeness (QED) is 0.852. The van der Waals surface area contributed by atoms with E-state index in [4.69, 9.17) is 0 Å². The first-order valence-electron chi connectivity index (χ1n) is 5.51. The molecule has 0 fully saturated rings. The van der Waals surface area contributed by atoms with E-state index in [0.717, 1.165) is 0 Å². The number of nitrogens with zero attached hydrogens (tertiary/aromatic N) is 1. The summed E-state index contributed by atoms with van der Waals surface area (Å²) in [4.78, 5) is 16.1. The normalized spacial score (nSPS) is 15.6. The molecule has 0 aliphatic carbocycles. The molecule has 0 saturated carbocycles. The zero-order chi connectivity index (χ0) is 12.4. The van der Waals surface area contributed by atoms with Crippen molar-refractivity contribution in [3.8, 4) is 0 Å². The molecule has 1 heterocycles. The first kappa shape index (κ1) is 12.8. The minimum absolute atomic E-state index is 0.196. The molecule has 0 radical (unpaired) electrons. The second-order valence-electron chi connectivity index (χ2n) is 4.95. The van der Waals surface area contributed by atoms with Gasteiger partial charge in [-0.05, 0) is 12.1 Å². The van der Waals surface area contributed by atoms with Gasteiger partial charge in [0.2, 0.25) is 0 Å². The van der Waals surface area contributed by atoms with E-state index >= 15 is 0 Å². The second kappa shape index (κ2) is 4.34. The van der Waals surface area contributed by atoms with Crippen LogP contribution in [0, 0.1) is 5.41 Å². The lowest BCUT2D eigenvalue weighted by molar-refractivity contribution is -0.152. The predicted octanol–water partition coefficient (Wildman–Crippen LogP) is 2.29. The number of aromatic nitrogens is 1. The van der Waals surface area contributed by atoms with E-state index in [2.05, 4.69) is 4.98 Å². The van der Waals surface area contributed by atoms with Gasteiger partial charge in [-0.25, -0.2) is 0 Å². The van der Waals surface area contributed by atoms with Crippen molar-refractivity contribution in [1.29, 1.82) is 0 Å². The van der Waals surface area contributed by atoms with Crippen LogP contribution < -0.4 is 0 Å². The number of hydrogen-bond donors (Lipinski definition) is 1. The molecule has 88 valence electrons. The van der Waals surface area contributed by atoms with E-state index in [0.29, 0.717) is 12.1 Å². The molecule has 0 bridgehead atoms. The highest BCUT2D eigenvalue weighted by Crippen LogP contribution is 2.39. The number of carbonyl (C=O) groups is 1. The molecule has 1 atom stereocenters. The van der Waals surface area contributed by atoms with Crippen molar-refractivity contribution in [2.45, 2.75) is 39.7 Å². The van der Waals surface area contributed by atoms with Crippen LogP contribution in [0.25, 0.3) is 0 Å². The van der Waals surface area contributed by atoms with Gasteiger partial charge >= 0.3 is 0 Å². The summed E-state index contributed by atoms with van der Waals surface area (Å²) < 4.78 is 0.